The standard InChI is InChI=1S/C17H38O7Si2/c1-8-11-25(18-6,22-15(2)3)24-26(19-7,23-16(4)5)12-9-10-20-13-17-14-21-17/h15-17H,8-14H2,1-7H3. The first-order valence-corrected chi connectivity index (χ1v) is 13.5. The first kappa shape index (κ1) is 24.2. The van der Waals surface area contributed by atoms with Crippen LogP contribution in [0.2, 0.25) is 12.1 Å². The Labute approximate surface area is 161 Å². The van der Waals surface area contributed by atoms with Gasteiger partial charge in [-0.25, -0.2) is 0 Å². The van der Waals surface area contributed by atoms with E-state index in [0.717, 1.165) is 25.5 Å². The molecule has 1 aliphatic rings. The van der Waals surface area contributed by atoms with E-state index in [2.05, 4.69) is 6.92 Å². The highest BCUT2D eigenvalue weighted by molar-refractivity contribution is 6.75. The lowest BCUT2D eigenvalue weighted by molar-refractivity contribution is 0.0318. The maximum Gasteiger partial charge on any atom is 0.493 e. The molecule has 0 saturated carbocycles. The topological polar surface area (TPSA) is 67.9 Å². The lowest BCUT2D eigenvalue weighted by Gasteiger charge is -2.38. The van der Waals surface area contributed by atoms with E-state index >= 15 is 0 Å². The Balaban J connectivity index is 2.77. The van der Waals surface area contributed by atoms with Crippen LogP contribution in [0.1, 0.15) is 47.5 Å². The molecule has 0 radical (unpaired) electrons. The molecule has 26 heavy (non-hydrogen) atoms. The van der Waals surface area contributed by atoms with Gasteiger partial charge < -0.3 is 31.3 Å². The lowest BCUT2D eigenvalue weighted by atomic mass is 10.5. The zero-order valence-corrected chi connectivity index (χ0v) is 19.5. The third kappa shape index (κ3) is 8.90. The van der Waals surface area contributed by atoms with Gasteiger partial charge in [-0.05, 0) is 34.1 Å². The zero-order valence-electron chi connectivity index (χ0n) is 17.5. The van der Waals surface area contributed by atoms with Crippen LogP contribution in [0.15, 0.2) is 0 Å². The first-order valence-electron chi connectivity index (χ1n) is 9.65. The summed E-state index contributed by atoms with van der Waals surface area (Å²) in [5.74, 6) is 0. The summed E-state index contributed by atoms with van der Waals surface area (Å²) >= 11 is 0. The molecule has 1 fully saturated rings. The second-order valence-corrected chi connectivity index (χ2v) is 12.9. The Morgan fingerprint density at radius 1 is 0.962 bits per heavy atom. The molecule has 0 amide bonds. The fourth-order valence-corrected chi connectivity index (χ4v) is 9.91. The predicted molar refractivity (Wildman–Crippen MR) is 104 cm³/mol. The Bertz CT molecular complexity index is 382. The van der Waals surface area contributed by atoms with Gasteiger partial charge in [0, 0.05) is 45.1 Å². The average Bonchev–Trinajstić information content (AvgIpc) is 3.37. The SMILES string of the molecule is CCC[Si](OC)(OC(C)C)O[Si](CCCOCC1CO1)(OC)OC(C)C. The second kappa shape index (κ2) is 11.9. The van der Waals surface area contributed by atoms with Gasteiger partial charge in [0.05, 0.1) is 13.2 Å². The molecular formula is C17H38O7Si2. The van der Waals surface area contributed by atoms with Gasteiger partial charge in [-0.15, -0.1) is 0 Å². The minimum Gasteiger partial charge on any atom is -0.379 e. The average molecular weight is 411 g/mol. The third-order valence-corrected chi connectivity index (χ3v) is 11.3. The molecule has 1 rings (SSSR count). The number of rotatable bonds is 16. The van der Waals surface area contributed by atoms with Crippen molar-refractivity contribution < 1.29 is 31.3 Å². The van der Waals surface area contributed by atoms with Crippen LogP contribution in [0.4, 0.5) is 0 Å². The summed E-state index contributed by atoms with van der Waals surface area (Å²) in [5, 5.41) is 0. The molecule has 0 aliphatic carbocycles. The molecule has 0 bridgehead atoms. The third-order valence-electron chi connectivity index (χ3n) is 3.80. The number of hydrogen-bond donors (Lipinski definition) is 0. The number of ether oxygens (including phenoxy) is 2. The molecule has 0 N–H and O–H groups in total. The Hall–Kier alpha value is 0.154. The van der Waals surface area contributed by atoms with Crippen molar-refractivity contribution in [3.8, 4) is 0 Å². The van der Waals surface area contributed by atoms with Crippen LogP contribution in [0.5, 0.6) is 0 Å². The second-order valence-electron chi connectivity index (χ2n) is 7.09. The van der Waals surface area contributed by atoms with E-state index in [1.165, 1.54) is 0 Å². The van der Waals surface area contributed by atoms with Crippen molar-refractivity contribution in [2.45, 2.75) is 77.9 Å². The van der Waals surface area contributed by atoms with Crippen LogP contribution < -0.4 is 0 Å². The van der Waals surface area contributed by atoms with Crippen LogP contribution in [0.3, 0.4) is 0 Å². The highest BCUT2D eigenvalue weighted by atomic mass is 28.5. The normalized spacial score (nSPS) is 21.8. The van der Waals surface area contributed by atoms with E-state index in [1.807, 2.05) is 27.7 Å². The van der Waals surface area contributed by atoms with Crippen molar-refractivity contribution in [3.05, 3.63) is 0 Å². The van der Waals surface area contributed by atoms with Gasteiger partial charge in [0.15, 0.2) is 0 Å². The molecule has 156 valence electrons. The smallest absolute Gasteiger partial charge is 0.379 e. The van der Waals surface area contributed by atoms with Crippen LogP contribution in [0, 0.1) is 0 Å². The van der Waals surface area contributed by atoms with E-state index in [0.29, 0.717) is 19.3 Å². The Morgan fingerprint density at radius 2 is 1.50 bits per heavy atom. The molecular weight excluding hydrogens is 372 g/mol. The van der Waals surface area contributed by atoms with Crippen LogP contribution in [-0.2, 0) is 31.3 Å². The fourth-order valence-electron chi connectivity index (χ4n) is 2.68. The van der Waals surface area contributed by atoms with Gasteiger partial charge in [0.25, 0.3) is 0 Å². The van der Waals surface area contributed by atoms with Crippen molar-refractivity contribution in [3.63, 3.8) is 0 Å². The molecule has 1 saturated heterocycles. The van der Waals surface area contributed by atoms with Crippen molar-refractivity contribution in [2.75, 3.05) is 34.0 Å². The minimum absolute atomic E-state index is 0.00775. The van der Waals surface area contributed by atoms with Crippen molar-refractivity contribution in [1.82, 2.24) is 0 Å². The summed E-state index contributed by atoms with van der Waals surface area (Å²) in [7, 11) is -2.52. The van der Waals surface area contributed by atoms with E-state index in [9.17, 15) is 0 Å². The summed E-state index contributed by atoms with van der Waals surface area (Å²) in [4.78, 5) is 0. The summed E-state index contributed by atoms with van der Waals surface area (Å²) in [6.45, 7) is 12.1. The predicted octanol–water partition coefficient (Wildman–Crippen LogP) is 3.24. The molecule has 1 aliphatic heterocycles. The first-order chi connectivity index (χ1) is 12.3. The van der Waals surface area contributed by atoms with Gasteiger partial charge >= 0.3 is 17.6 Å². The monoisotopic (exact) mass is 410 g/mol. The van der Waals surface area contributed by atoms with E-state index in [1.54, 1.807) is 14.2 Å². The van der Waals surface area contributed by atoms with Crippen LogP contribution in [-0.4, -0.2) is 70.0 Å². The molecule has 9 heteroatoms. The van der Waals surface area contributed by atoms with Crippen LogP contribution in [0.25, 0.3) is 0 Å². The number of epoxide rings is 1. The molecule has 0 spiro atoms. The molecule has 0 aromatic heterocycles. The van der Waals surface area contributed by atoms with Crippen molar-refractivity contribution in [2.24, 2.45) is 0 Å². The molecule has 3 atom stereocenters. The maximum absolute atomic E-state index is 6.53. The summed E-state index contributed by atoms with van der Waals surface area (Å²) in [5.41, 5.74) is 0. The van der Waals surface area contributed by atoms with Crippen molar-refractivity contribution >= 4 is 17.6 Å². The summed E-state index contributed by atoms with van der Waals surface area (Å²) < 4.78 is 41.4. The van der Waals surface area contributed by atoms with Gasteiger partial charge in [-0.2, -0.15) is 0 Å². The van der Waals surface area contributed by atoms with Gasteiger partial charge in [-0.1, -0.05) is 13.3 Å². The highest BCUT2D eigenvalue weighted by Gasteiger charge is 2.53. The van der Waals surface area contributed by atoms with E-state index < -0.39 is 17.6 Å². The van der Waals surface area contributed by atoms with Gasteiger partial charge in [0.2, 0.25) is 0 Å². The minimum atomic E-state index is -2.95. The van der Waals surface area contributed by atoms with Crippen LogP contribution >= 0.6 is 0 Å². The lowest BCUT2D eigenvalue weighted by Crippen LogP contribution is -2.59. The van der Waals surface area contributed by atoms with Gasteiger partial charge in [-0.3, -0.25) is 0 Å². The maximum atomic E-state index is 6.53. The molecule has 1 heterocycles. The number of hydrogen-bond acceptors (Lipinski definition) is 7. The Kier molecular flexibility index (Phi) is 11.0. The van der Waals surface area contributed by atoms with Crippen molar-refractivity contribution in [1.29, 1.82) is 0 Å². The molecule has 3 unspecified atom stereocenters. The largest absolute Gasteiger partial charge is 0.493 e. The molecule has 0 aromatic rings. The van der Waals surface area contributed by atoms with E-state index in [-0.39, 0.29) is 18.3 Å². The zero-order chi connectivity index (χ0) is 19.6. The Morgan fingerprint density at radius 3 is 1.92 bits per heavy atom. The molecule has 0 aromatic carbocycles. The summed E-state index contributed by atoms with van der Waals surface area (Å²) in [6, 6.07) is 1.40. The summed E-state index contributed by atoms with van der Waals surface area (Å²) in [6.07, 6.45) is 1.98. The van der Waals surface area contributed by atoms with Gasteiger partial charge in [0.1, 0.15) is 6.10 Å². The highest BCUT2D eigenvalue weighted by Crippen LogP contribution is 2.29. The van der Waals surface area contributed by atoms with E-state index in [4.69, 9.17) is 31.3 Å². The quantitative estimate of drug-likeness (QED) is 0.220. The molecule has 7 nitrogen and oxygen atoms in total. The fraction of sp³-hybridized carbons (Fsp3) is 1.00.